The number of oxime groups is 1. The summed E-state index contributed by atoms with van der Waals surface area (Å²) in [5.74, 6) is -0.891. The highest BCUT2D eigenvalue weighted by Gasteiger charge is 2.00. The van der Waals surface area contributed by atoms with Crippen molar-refractivity contribution in [2.75, 3.05) is 0 Å². The molecule has 0 N–H and O–H groups in total. The number of halogens is 2. The van der Waals surface area contributed by atoms with E-state index in [-0.39, 0.29) is 11.7 Å². The van der Waals surface area contributed by atoms with Gasteiger partial charge in [-0.25, -0.2) is 4.39 Å². The molecule has 18 heavy (non-hydrogen) atoms. The average molecular weight is 248 g/mol. The summed E-state index contributed by atoms with van der Waals surface area (Å²) in [5.41, 5.74) is 1.26. The van der Waals surface area contributed by atoms with Crippen molar-refractivity contribution in [1.82, 2.24) is 4.98 Å². The average Bonchev–Trinajstić information content (AvgIpc) is 2.37. The molecule has 2 aromatic rings. The summed E-state index contributed by atoms with van der Waals surface area (Å²) < 4.78 is 25.5. The van der Waals surface area contributed by atoms with E-state index in [1.807, 2.05) is 0 Å². The van der Waals surface area contributed by atoms with Gasteiger partial charge in [-0.1, -0.05) is 23.4 Å². The topological polar surface area (TPSA) is 34.5 Å². The van der Waals surface area contributed by atoms with Gasteiger partial charge in [-0.2, -0.15) is 9.37 Å². The van der Waals surface area contributed by atoms with Crippen LogP contribution in [-0.2, 0) is 0 Å². The molecule has 3 nitrogen and oxygen atoms in total. The van der Waals surface area contributed by atoms with Crippen molar-refractivity contribution >= 4 is 5.71 Å². The van der Waals surface area contributed by atoms with Crippen LogP contribution in [0.4, 0.5) is 8.78 Å². The highest BCUT2D eigenvalue weighted by Crippen LogP contribution is 2.09. The van der Waals surface area contributed by atoms with E-state index < -0.39 is 5.95 Å². The van der Waals surface area contributed by atoms with Gasteiger partial charge in [0.2, 0.25) is 5.95 Å². The summed E-state index contributed by atoms with van der Waals surface area (Å²) in [7, 11) is 0. The van der Waals surface area contributed by atoms with Gasteiger partial charge in [-0.3, -0.25) is 0 Å². The van der Waals surface area contributed by atoms with E-state index in [1.54, 1.807) is 19.1 Å². The van der Waals surface area contributed by atoms with Gasteiger partial charge >= 0.3 is 0 Å². The fraction of sp³-hybridized carbons (Fsp3) is 0.0769. The highest BCUT2D eigenvalue weighted by molar-refractivity contribution is 5.98. The van der Waals surface area contributed by atoms with Gasteiger partial charge in [0, 0.05) is 6.07 Å². The van der Waals surface area contributed by atoms with E-state index in [4.69, 9.17) is 4.84 Å². The molecule has 2 rings (SSSR count). The van der Waals surface area contributed by atoms with Gasteiger partial charge in [0.15, 0.2) is 0 Å². The summed E-state index contributed by atoms with van der Waals surface area (Å²) in [6.07, 6.45) is 0. The second-order valence-corrected chi connectivity index (χ2v) is 3.57. The molecule has 5 heteroatoms. The van der Waals surface area contributed by atoms with Gasteiger partial charge in [0.05, 0.1) is 5.71 Å². The van der Waals surface area contributed by atoms with Gasteiger partial charge in [0.25, 0.3) is 5.88 Å². The predicted octanol–water partition coefficient (Wildman–Crippen LogP) is 3.16. The quantitative estimate of drug-likeness (QED) is 0.475. The van der Waals surface area contributed by atoms with Gasteiger partial charge in [-0.15, -0.1) is 0 Å². The fourth-order valence-corrected chi connectivity index (χ4v) is 1.30. The summed E-state index contributed by atoms with van der Waals surface area (Å²) in [6.45, 7) is 1.70. The molecule has 0 unspecified atom stereocenters. The predicted molar refractivity (Wildman–Crippen MR) is 63.4 cm³/mol. The molecule has 1 aromatic heterocycles. The molecule has 0 aliphatic heterocycles. The molecule has 0 saturated heterocycles. The molecule has 0 atom stereocenters. The lowest BCUT2D eigenvalue weighted by Crippen LogP contribution is -1.99. The number of hydrogen-bond donors (Lipinski definition) is 0. The van der Waals surface area contributed by atoms with Crippen molar-refractivity contribution in [2.24, 2.45) is 5.16 Å². The van der Waals surface area contributed by atoms with Crippen molar-refractivity contribution in [3.8, 4) is 5.88 Å². The normalized spacial score (nSPS) is 11.4. The summed E-state index contributed by atoms with van der Waals surface area (Å²) in [4.78, 5) is 8.47. The molecule has 1 heterocycles. The molecular weight excluding hydrogens is 238 g/mol. The Morgan fingerprint density at radius 3 is 2.50 bits per heavy atom. The first-order chi connectivity index (χ1) is 8.65. The molecule has 0 aliphatic rings. The van der Waals surface area contributed by atoms with Crippen LogP contribution in [0.1, 0.15) is 12.5 Å². The van der Waals surface area contributed by atoms with E-state index in [0.717, 1.165) is 0 Å². The van der Waals surface area contributed by atoms with Crippen molar-refractivity contribution < 1.29 is 13.6 Å². The first-order valence-electron chi connectivity index (χ1n) is 5.25. The zero-order valence-electron chi connectivity index (χ0n) is 9.60. The van der Waals surface area contributed by atoms with Crippen molar-refractivity contribution in [1.29, 1.82) is 0 Å². The minimum absolute atomic E-state index is 0.0662. The molecule has 0 bridgehead atoms. The summed E-state index contributed by atoms with van der Waals surface area (Å²) >= 11 is 0. The summed E-state index contributed by atoms with van der Waals surface area (Å²) in [5, 5.41) is 3.80. The molecule has 0 amide bonds. The van der Waals surface area contributed by atoms with Gasteiger partial charge < -0.3 is 4.84 Å². The van der Waals surface area contributed by atoms with E-state index in [1.165, 1.54) is 30.3 Å². The maximum absolute atomic E-state index is 12.8. The number of hydrogen-bond acceptors (Lipinski definition) is 3. The van der Waals surface area contributed by atoms with Crippen molar-refractivity contribution in [2.45, 2.75) is 6.92 Å². The largest absolute Gasteiger partial charge is 0.336 e. The lowest BCUT2D eigenvalue weighted by atomic mass is 10.1. The monoisotopic (exact) mass is 248 g/mol. The number of pyridine rings is 1. The maximum atomic E-state index is 12.8. The van der Waals surface area contributed by atoms with E-state index in [0.29, 0.717) is 11.3 Å². The molecule has 0 spiro atoms. The molecule has 0 radical (unpaired) electrons. The van der Waals surface area contributed by atoms with Gasteiger partial charge in [0.1, 0.15) is 5.82 Å². The van der Waals surface area contributed by atoms with Crippen LogP contribution >= 0.6 is 0 Å². The van der Waals surface area contributed by atoms with Crippen LogP contribution in [0.2, 0.25) is 0 Å². The maximum Gasteiger partial charge on any atom is 0.251 e. The molecule has 0 saturated carbocycles. The van der Waals surface area contributed by atoms with E-state index in [2.05, 4.69) is 10.1 Å². The van der Waals surface area contributed by atoms with E-state index in [9.17, 15) is 8.78 Å². The van der Waals surface area contributed by atoms with Crippen molar-refractivity contribution in [3.05, 3.63) is 59.8 Å². The van der Waals surface area contributed by atoms with Crippen LogP contribution in [0.3, 0.4) is 0 Å². The second-order valence-electron chi connectivity index (χ2n) is 3.57. The van der Waals surface area contributed by atoms with Crippen LogP contribution < -0.4 is 4.84 Å². The fourth-order valence-electron chi connectivity index (χ4n) is 1.30. The number of nitrogens with zero attached hydrogens (tertiary/aromatic N) is 2. The first-order valence-corrected chi connectivity index (χ1v) is 5.25. The standard InChI is InChI=1S/C13H10F2N2O/c1-9(10-5-7-11(14)8-6-10)17-18-13-4-2-3-12(15)16-13/h2-8H,1H3/b17-9+. The molecular formula is C13H10F2N2O. The number of aromatic nitrogens is 1. The van der Waals surface area contributed by atoms with E-state index >= 15 is 0 Å². The SMILES string of the molecule is C/C(=N\Oc1cccc(F)n1)c1ccc(F)cc1. The van der Waals surface area contributed by atoms with Crippen LogP contribution in [0.15, 0.2) is 47.6 Å². The van der Waals surface area contributed by atoms with Crippen molar-refractivity contribution in [3.63, 3.8) is 0 Å². The molecule has 0 aliphatic carbocycles. The number of rotatable bonds is 3. The zero-order valence-corrected chi connectivity index (χ0v) is 9.60. The number of benzene rings is 1. The van der Waals surface area contributed by atoms with Gasteiger partial charge in [-0.05, 0) is 30.7 Å². The Labute approximate surface area is 103 Å². The Morgan fingerprint density at radius 2 is 1.83 bits per heavy atom. The minimum Gasteiger partial charge on any atom is -0.336 e. The first kappa shape index (κ1) is 12.2. The third kappa shape index (κ3) is 3.10. The highest BCUT2D eigenvalue weighted by atomic mass is 19.1. The zero-order chi connectivity index (χ0) is 13.0. The van der Waals surface area contributed by atoms with Crippen LogP contribution in [0.5, 0.6) is 5.88 Å². The molecule has 0 fully saturated rings. The molecule has 92 valence electrons. The Kier molecular flexibility index (Phi) is 3.62. The third-order valence-electron chi connectivity index (χ3n) is 2.23. The Bertz CT molecular complexity index is 567. The second kappa shape index (κ2) is 5.35. The van der Waals surface area contributed by atoms with Crippen LogP contribution in [-0.4, -0.2) is 10.7 Å². The van der Waals surface area contributed by atoms with Crippen LogP contribution in [0.25, 0.3) is 0 Å². The Morgan fingerprint density at radius 1 is 1.11 bits per heavy atom. The summed E-state index contributed by atoms with van der Waals surface area (Å²) in [6, 6.07) is 9.99. The smallest absolute Gasteiger partial charge is 0.251 e. The minimum atomic E-state index is -0.637. The lowest BCUT2D eigenvalue weighted by molar-refractivity contribution is 0.321. The lowest BCUT2D eigenvalue weighted by Gasteiger charge is -2.01. The molecule has 1 aromatic carbocycles. The third-order valence-corrected chi connectivity index (χ3v) is 2.23. The Balaban J connectivity index is 2.11. The van der Waals surface area contributed by atoms with Crippen LogP contribution in [0, 0.1) is 11.8 Å². The Hall–Kier alpha value is -2.30.